The molecule has 3 rings (SSSR count). The number of rotatable bonds is 8. The summed E-state index contributed by atoms with van der Waals surface area (Å²) in [7, 11) is -1.97. The molecule has 7 heteroatoms. The number of benzene rings is 1. The van der Waals surface area contributed by atoms with E-state index in [4.69, 9.17) is 18.3 Å². The second kappa shape index (κ2) is 9.17. The quantitative estimate of drug-likeness (QED) is 0.410. The maximum atomic E-state index is 11.1. The van der Waals surface area contributed by atoms with Crippen molar-refractivity contribution in [3.05, 3.63) is 60.1 Å². The van der Waals surface area contributed by atoms with Gasteiger partial charge in [-0.3, -0.25) is 0 Å². The SMILES string of the molecule is CC1(C)O[C@@H]([C@@H](c2ccco2)N(O)Cc2ccccc2)[C@H](CO[Si](C)(C)C(C)(C)C)O1. The lowest BCUT2D eigenvalue weighted by Crippen LogP contribution is -2.46. The summed E-state index contributed by atoms with van der Waals surface area (Å²) in [5.41, 5.74) is 0.994. The Morgan fingerprint density at radius 2 is 1.77 bits per heavy atom. The molecule has 0 radical (unpaired) electrons. The van der Waals surface area contributed by atoms with Crippen molar-refractivity contribution in [3.8, 4) is 0 Å². The Balaban J connectivity index is 1.85. The van der Waals surface area contributed by atoms with E-state index in [-0.39, 0.29) is 11.1 Å². The van der Waals surface area contributed by atoms with Crippen LogP contribution < -0.4 is 0 Å². The van der Waals surface area contributed by atoms with Crippen LogP contribution in [0.4, 0.5) is 0 Å². The summed E-state index contributed by atoms with van der Waals surface area (Å²) in [6, 6.07) is 13.0. The van der Waals surface area contributed by atoms with Crippen molar-refractivity contribution >= 4 is 8.32 Å². The third kappa shape index (κ3) is 5.86. The highest BCUT2D eigenvalue weighted by atomic mass is 28.4. The Bertz CT molecular complexity index is 816. The maximum Gasteiger partial charge on any atom is 0.192 e. The van der Waals surface area contributed by atoms with Crippen molar-refractivity contribution in [3.63, 3.8) is 0 Å². The zero-order chi connectivity index (χ0) is 22.9. The Morgan fingerprint density at radius 1 is 1.10 bits per heavy atom. The summed E-state index contributed by atoms with van der Waals surface area (Å²) in [5, 5.41) is 12.5. The van der Waals surface area contributed by atoms with Crippen LogP contribution in [0, 0.1) is 0 Å². The van der Waals surface area contributed by atoms with Crippen molar-refractivity contribution in [2.45, 2.75) is 83.3 Å². The third-order valence-electron chi connectivity index (χ3n) is 6.29. The van der Waals surface area contributed by atoms with Gasteiger partial charge in [-0.25, -0.2) is 0 Å². The molecule has 172 valence electrons. The molecule has 1 aromatic heterocycles. The average Bonchev–Trinajstić information content (AvgIpc) is 3.28. The lowest BCUT2D eigenvalue weighted by molar-refractivity contribution is -0.194. The largest absolute Gasteiger partial charge is 0.467 e. The first-order valence-corrected chi connectivity index (χ1v) is 13.8. The molecule has 0 unspecified atom stereocenters. The standard InChI is InChI=1S/C24H37NO5Si/c1-23(2,3)31(6,7)28-17-20-22(30-24(4,5)29-20)21(19-14-11-15-27-19)25(26)16-18-12-9-8-10-13-18/h8-15,20-22,26H,16-17H2,1-7H3/t20-,21+,22+/m0/s1. The molecular formula is C24H37NO5Si. The van der Waals surface area contributed by atoms with Gasteiger partial charge in [0.05, 0.1) is 12.9 Å². The smallest absolute Gasteiger partial charge is 0.192 e. The summed E-state index contributed by atoms with van der Waals surface area (Å²) in [6.45, 7) is 15.6. The van der Waals surface area contributed by atoms with Gasteiger partial charge < -0.3 is 23.5 Å². The van der Waals surface area contributed by atoms with E-state index < -0.39 is 26.3 Å². The molecule has 31 heavy (non-hydrogen) atoms. The zero-order valence-corrected chi connectivity index (χ0v) is 20.8. The molecule has 1 N–H and O–H groups in total. The fourth-order valence-electron chi connectivity index (χ4n) is 3.57. The van der Waals surface area contributed by atoms with Gasteiger partial charge in [0, 0.05) is 6.54 Å². The van der Waals surface area contributed by atoms with Gasteiger partial charge >= 0.3 is 0 Å². The zero-order valence-electron chi connectivity index (χ0n) is 19.8. The molecule has 2 aromatic rings. The van der Waals surface area contributed by atoms with Crippen LogP contribution >= 0.6 is 0 Å². The minimum absolute atomic E-state index is 0.0915. The second-order valence-corrected chi connectivity index (χ2v) is 15.1. The predicted octanol–water partition coefficient (Wildman–Crippen LogP) is 5.75. The van der Waals surface area contributed by atoms with Gasteiger partial charge in [0.2, 0.25) is 0 Å². The van der Waals surface area contributed by atoms with Crippen LogP contribution in [0.2, 0.25) is 18.1 Å². The maximum absolute atomic E-state index is 11.1. The number of hydrogen-bond donors (Lipinski definition) is 1. The minimum atomic E-state index is -1.97. The van der Waals surface area contributed by atoms with Crippen molar-refractivity contribution in [1.82, 2.24) is 5.06 Å². The molecular weight excluding hydrogens is 410 g/mol. The number of ether oxygens (including phenoxy) is 2. The van der Waals surface area contributed by atoms with Crippen LogP contribution in [-0.4, -0.2) is 43.2 Å². The lowest BCUT2D eigenvalue weighted by atomic mass is 10.0. The van der Waals surface area contributed by atoms with E-state index in [0.717, 1.165) is 5.56 Å². The highest BCUT2D eigenvalue weighted by Gasteiger charge is 2.49. The lowest BCUT2D eigenvalue weighted by Gasteiger charge is -2.38. The number of nitrogens with zero attached hydrogens (tertiary/aromatic N) is 1. The second-order valence-electron chi connectivity index (χ2n) is 10.3. The van der Waals surface area contributed by atoms with Crippen LogP contribution in [0.5, 0.6) is 0 Å². The van der Waals surface area contributed by atoms with Crippen LogP contribution in [0.25, 0.3) is 0 Å². The van der Waals surface area contributed by atoms with Crippen LogP contribution in [-0.2, 0) is 20.4 Å². The first-order chi connectivity index (χ1) is 14.4. The molecule has 6 nitrogen and oxygen atoms in total. The Morgan fingerprint density at radius 3 is 2.35 bits per heavy atom. The van der Waals surface area contributed by atoms with Crippen molar-refractivity contribution < 1.29 is 23.5 Å². The van der Waals surface area contributed by atoms with Gasteiger partial charge in [-0.05, 0) is 49.7 Å². The van der Waals surface area contributed by atoms with Crippen molar-refractivity contribution in [2.75, 3.05) is 6.61 Å². The van der Waals surface area contributed by atoms with Gasteiger partial charge in [0.25, 0.3) is 0 Å². The molecule has 1 aliphatic rings. The van der Waals surface area contributed by atoms with E-state index in [1.807, 2.05) is 56.3 Å². The fraction of sp³-hybridized carbons (Fsp3) is 0.583. The first-order valence-electron chi connectivity index (χ1n) is 10.9. The summed E-state index contributed by atoms with van der Waals surface area (Å²) in [6.07, 6.45) is 0.810. The number of hydrogen-bond acceptors (Lipinski definition) is 6. The molecule has 0 bridgehead atoms. The van der Waals surface area contributed by atoms with Gasteiger partial charge in [-0.1, -0.05) is 51.1 Å². The van der Waals surface area contributed by atoms with E-state index in [1.54, 1.807) is 6.26 Å². The number of hydroxylamine groups is 2. The first kappa shape index (κ1) is 24.2. The highest BCUT2D eigenvalue weighted by molar-refractivity contribution is 6.74. The van der Waals surface area contributed by atoms with Gasteiger partial charge in [0.1, 0.15) is 24.0 Å². The molecule has 0 amide bonds. The molecule has 2 heterocycles. The predicted molar refractivity (Wildman–Crippen MR) is 122 cm³/mol. The molecule has 1 saturated heterocycles. The molecule has 1 fully saturated rings. The molecule has 0 aliphatic carbocycles. The van der Waals surface area contributed by atoms with Crippen molar-refractivity contribution in [1.29, 1.82) is 0 Å². The summed E-state index contributed by atoms with van der Waals surface area (Å²) in [5.74, 6) is -0.160. The van der Waals surface area contributed by atoms with E-state index >= 15 is 0 Å². The molecule has 0 spiro atoms. The molecule has 3 atom stereocenters. The van der Waals surface area contributed by atoms with Crippen LogP contribution in [0.1, 0.15) is 52.0 Å². The average molecular weight is 448 g/mol. The normalized spacial score (nSPS) is 22.7. The van der Waals surface area contributed by atoms with Gasteiger partial charge in [-0.15, -0.1) is 0 Å². The Hall–Kier alpha value is -1.48. The highest BCUT2D eigenvalue weighted by Crippen LogP contribution is 2.41. The minimum Gasteiger partial charge on any atom is -0.467 e. The molecule has 0 saturated carbocycles. The third-order valence-corrected chi connectivity index (χ3v) is 10.8. The fourth-order valence-corrected chi connectivity index (χ4v) is 4.59. The Kier molecular flexibility index (Phi) is 7.15. The van der Waals surface area contributed by atoms with Gasteiger partial charge in [-0.2, -0.15) is 5.06 Å². The van der Waals surface area contributed by atoms with Crippen molar-refractivity contribution in [2.24, 2.45) is 0 Å². The van der Waals surface area contributed by atoms with Gasteiger partial charge in [0.15, 0.2) is 14.1 Å². The summed E-state index contributed by atoms with van der Waals surface area (Å²) in [4.78, 5) is 0. The topological polar surface area (TPSA) is 64.3 Å². The summed E-state index contributed by atoms with van der Waals surface area (Å²) < 4.78 is 24.7. The Labute approximate surface area is 187 Å². The van der Waals surface area contributed by atoms with E-state index in [9.17, 15) is 5.21 Å². The van der Waals surface area contributed by atoms with Crippen LogP contribution in [0.15, 0.2) is 53.1 Å². The van der Waals surface area contributed by atoms with E-state index in [2.05, 4.69) is 33.9 Å². The monoisotopic (exact) mass is 447 g/mol. The number of furan rings is 1. The van der Waals surface area contributed by atoms with E-state index in [0.29, 0.717) is 18.9 Å². The van der Waals surface area contributed by atoms with Crippen LogP contribution in [0.3, 0.4) is 0 Å². The summed E-state index contributed by atoms with van der Waals surface area (Å²) >= 11 is 0. The van der Waals surface area contributed by atoms with E-state index in [1.165, 1.54) is 5.06 Å². The molecule has 1 aliphatic heterocycles. The molecule has 1 aromatic carbocycles.